The van der Waals surface area contributed by atoms with Crippen LogP contribution in [0.15, 0.2) is 24.8 Å². The maximum absolute atomic E-state index is 12.8. The van der Waals surface area contributed by atoms with E-state index in [4.69, 9.17) is 0 Å². The van der Waals surface area contributed by atoms with Crippen LogP contribution in [0.3, 0.4) is 0 Å². The molecule has 1 aliphatic carbocycles. The predicted octanol–water partition coefficient (Wildman–Crippen LogP) is 2.57. The highest BCUT2D eigenvalue weighted by atomic mass is 32.2. The Hall–Kier alpha value is -2.10. The number of sulfonamides is 1. The molecule has 160 valence electrons. The van der Waals surface area contributed by atoms with Crippen LogP contribution in [0.2, 0.25) is 0 Å². The second kappa shape index (κ2) is 7.25. The van der Waals surface area contributed by atoms with Crippen molar-refractivity contribution in [1.29, 1.82) is 0 Å². The lowest BCUT2D eigenvalue weighted by Gasteiger charge is -2.30. The van der Waals surface area contributed by atoms with E-state index in [9.17, 15) is 13.5 Å². The van der Waals surface area contributed by atoms with Gasteiger partial charge in [0.15, 0.2) is 5.65 Å². The number of aromatic amines is 1. The molecular weight excluding hydrogens is 402 g/mol. The molecule has 1 saturated carbocycles. The molecular formula is C21H27N5O3S. The molecule has 3 aromatic rings. The van der Waals surface area contributed by atoms with Crippen molar-refractivity contribution < 1.29 is 13.5 Å². The summed E-state index contributed by atoms with van der Waals surface area (Å²) in [6.45, 7) is 2.33. The van der Waals surface area contributed by atoms with E-state index in [-0.39, 0.29) is 18.2 Å². The fraction of sp³-hybridized carbons (Fsp3) is 0.571. The smallest absolute Gasteiger partial charge is 0.214 e. The zero-order valence-electron chi connectivity index (χ0n) is 17.1. The molecule has 1 aliphatic heterocycles. The average Bonchev–Trinajstić information content (AvgIpc) is 3.34. The highest BCUT2D eigenvalue weighted by Gasteiger charge is 2.39. The molecule has 0 aromatic carbocycles. The van der Waals surface area contributed by atoms with Crippen molar-refractivity contribution in [2.24, 2.45) is 5.92 Å². The summed E-state index contributed by atoms with van der Waals surface area (Å²) in [4.78, 5) is 16.5. The molecule has 9 heteroatoms. The van der Waals surface area contributed by atoms with Gasteiger partial charge in [-0.05, 0) is 56.9 Å². The molecule has 2 N–H and O–H groups in total. The number of pyridine rings is 1. The lowest BCUT2D eigenvalue weighted by molar-refractivity contribution is 0.0762. The molecule has 4 heterocycles. The third-order valence-electron chi connectivity index (χ3n) is 6.72. The van der Waals surface area contributed by atoms with E-state index < -0.39 is 15.6 Å². The molecule has 30 heavy (non-hydrogen) atoms. The first-order valence-corrected chi connectivity index (χ1v) is 12.2. The SMILES string of the molecule is CC1(O)CCN(S(=O)(=O)CC2CCC(c3[nH]cnc4cnc5nccc5c34)CC2)C1. The highest BCUT2D eigenvalue weighted by molar-refractivity contribution is 7.89. The Labute approximate surface area is 175 Å². The maximum Gasteiger partial charge on any atom is 0.214 e. The van der Waals surface area contributed by atoms with Crippen LogP contribution in [0.25, 0.3) is 21.9 Å². The van der Waals surface area contributed by atoms with Crippen LogP contribution >= 0.6 is 0 Å². The Balaban J connectivity index is 1.32. The molecule has 0 spiro atoms. The van der Waals surface area contributed by atoms with Crippen molar-refractivity contribution in [3.63, 3.8) is 0 Å². The van der Waals surface area contributed by atoms with Gasteiger partial charge in [-0.3, -0.25) is 0 Å². The summed E-state index contributed by atoms with van der Waals surface area (Å²) in [5.74, 6) is 0.673. The first kappa shape index (κ1) is 19.8. The zero-order valence-corrected chi connectivity index (χ0v) is 17.9. The number of fused-ring (bicyclic) bond motifs is 3. The fourth-order valence-electron chi connectivity index (χ4n) is 5.06. The summed E-state index contributed by atoms with van der Waals surface area (Å²) < 4.78 is 27.1. The van der Waals surface area contributed by atoms with Crippen LogP contribution in [0.5, 0.6) is 0 Å². The second-order valence-electron chi connectivity index (χ2n) is 9.09. The Morgan fingerprint density at radius 2 is 2.03 bits per heavy atom. The average molecular weight is 430 g/mol. The van der Waals surface area contributed by atoms with Crippen molar-refractivity contribution >= 4 is 32.0 Å². The number of nitrogens with one attached hydrogen (secondary N) is 1. The summed E-state index contributed by atoms with van der Waals surface area (Å²) >= 11 is 0. The Kier molecular flexibility index (Phi) is 4.79. The van der Waals surface area contributed by atoms with Gasteiger partial charge in [0.1, 0.15) is 0 Å². The molecule has 0 bridgehead atoms. The minimum Gasteiger partial charge on any atom is -0.389 e. The molecule has 0 amide bonds. The number of aromatic nitrogens is 4. The summed E-state index contributed by atoms with van der Waals surface area (Å²) in [7, 11) is -3.33. The van der Waals surface area contributed by atoms with E-state index in [1.807, 2.05) is 6.07 Å². The number of aliphatic hydroxyl groups is 1. The third-order valence-corrected chi connectivity index (χ3v) is 8.71. The number of rotatable bonds is 4. The van der Waals surface area contributed by atoms with Crippen LogP contribution in [-0.4, -0.2) is 62.2 Å². The third kappa shape index (κ3) is 3.59. The van der Waals surface area contributed by atoms with Crippen molar-refractivity contribution in [2.45, 2.75) is 50.5 Å². The number of hydrogen-bond acceptors (Lipinski definition) is 6. The van der Waals surface area contributed by atoms with Crippen molar-refractivity contribution in [1.82, 2.24) is 24.2 Å². The summed E-state index contributed by atoms with van der Waals surface area (Å²) in [5.41, 5.74) is 1.83. The molecule has 3 aromatic heterocycles. The Morgan fingerprint density at radius 3 is 2.77 bits per heavy atom. The number of β-amino-alcohol motifs (C(OH)–C–C–N with tert-alkyl or cyclic N) is 1. The van der Waals surface area contributed by atoms with Gasteiger partial charge in [-0.2, -0.15) is 4.31 Å². The standard InChI is InChI=1S/C21H27N5O3S/c1-21(27)7-9-26(12-21)30(28,29)11-14-2-4-15(5-3-14)19-18-16-6-8-22-20(16)23-10-17(18)24-13-25-19/h6,8,10,13-15,27H,2-5,7,9,11-12H2,1H3,(H,24,25). The topological polar surface area (TPSA) is 112 Å². The van der Waals surface area contributed by atoms with Crippen LogP contribution in [0.4, 0.5) is 0 Å². The maximum atomic E-state index is 12.8. The lowest BCUT2D eigenvalue weighted by atomic mass is 9.80. The highest BCUT2D eigenvalue weighted by Crippen LogP contribution is 2.39. The number of H-pyrrole nitrogens is 1. The normalized spacial score (nSPS) is 28.5. The van der Waals surface area contributed by atoms with E-state index in [0.717, 1.165) is 53.3 Å². The first-order chi connectivity index (χ1) is 14.3. The van der Waals surface area contributed by atoms with Gasteiger partial charge >= 0.3 is 0 Å². The monoisotopic (exact) mass is 429 g/mol. The molecule has 2 aliphatic rings. The van der Waals surface area contributed by atoms with Gasteiger partial charge in [-0.25, -0.2) is 23.4 Å². The van der Waals surface area contributed by atoms with E-state index in [1.165, 1.54) is 4.31 Å². The lowest BCUT2D eigenvalue weighted by Crippen LogP contribution is -2.37. The van der Waals surface area contributed by atoms with Crippen LogP contribution in [0.1, 0.15) is 50.6 Å². The quantitative estimate of drug-likeness (QED) is 0.659. The van der Waals surface area contributed by atoms with E-state index in [0.29, 0.717) is 18.9 Å². The van der Waals surface area contributed by atoms with Gasteiger partial charge in [0.2, 0.25) is 10.0 Å². The first-order valence-electron chi connectivity index (χ1n) is 10.6. The summed E-state index contributed by atoms with van der Waals surface area (Å²) in [6, 6.07) is 1.98. The molecule has 8 nitrogen and oxygen atoms in total. The van der Waals surface area contributed by atoms with Crippen LogP contribution in [-0.2, 0) is 10.0 Å². The second-order valence-corrected chi connectivity index (χ2v) is 11.1. The fourth-order valence-corrected chi connectivity index (χ4v) is 7.04. The summed E-state index contributed by atoms with van der Waals surface area (Å²) in [6.07, 6.45) is 9.38. The van der Waals surface area contributed by atoms with Crippen molar-refractivity contribution in [3.05, 3.63) is 30.5 Å². The molecule has 5 rings (SSSR count). The number of hydrogen-bond donors (Lipinski definition) is 2. The van der Waals surface area contributed by atoms with Crippen LogP contribution in [0, 0.1) is 5.92 Å². The molecule has 2 fully saturated rings. The van der Waals surface area contributed by atoms with Gasteiger partial charge in [0.25, 0.3) is 0 Å². The molecule has 1 saturated heterocycles. The van der Waals surface area contributed by atoms with Gasteiger partial charge in [-0.15, -0.1) is 0 Å². The van der Waals surface area contributed by atoms with E-state index in [1.54, 1.807) is 25.6 Å². The van der Waals surface area contributed by atoms with Crippen molar-refractivity contribution in [2.75, 3.05) is 18.8 Å². The van der Waals surface area contributed by atoms with E-state index in [2.05, 4.69) is 19.9 Å². The van der Waals surface area contributed by atoms with Crippen molar-refractivity contribution in [3.8, 4) is 0 Å². The van der Waals surface area contributed by atoms with E-state index >= 15 is 0 Å². The van der Waals surface area contributed by atoms with Gasteiger partial charge < -0.3 is 10.1 Å². The number of nitrogens with zero attached hydrogens (tertiary/aromatic N) is 4. The molecule has 1 atom stereocenters. The Morgan fingerprint density at radius 1 is 1.23 bits per heavy atom. The minimum absolute atomic E-state index is 0.159. The Bertz CT molecular complexity index is 1180. The summed E-state index contributed by atoms with van der Waals surface area (Å²) in [5, 5.41) is 12.2. The van der Waals surface area contributed by atoms with Crippen LogP contribution < -0.4 is 0 Å². The molecule has 1 unspecified atom stereocenters. The largest absolute Gasteiger partial charge is 0.389 e. The minimum atomic E-state index is -3.33. The predicted molar refractivity (Wildman–Crippen MR) is 114 cm³/mol. The van der Waals surface area contributed by atoms with Gasteiger partial charge in [0, 0.05) is 35.8 Å². The zero-order chi connectivity index (χ0) is 20.9. The van der Waals surface area contributed by atoms with Gasteiger partial charge in [-0.1, -0.05) is 0 Å². The molecule has 0 radical (unpaired) electrons. The van der Waals surface area contributed by atoms with Gasteiger partial charge in [0.05, 0.1) is 29.4 Å².